The highest BCUT2D eigenvalue weighted by Gasteiger charge is 2.17. The number of aromatic carboxylic acids is 1. The Kier molecular flexibility index (Phi) is 3.17. The third-order valence-corrected chi connectivity index (χ3v) is 2.02. The van der Waals surface area contributed by atoms with Crippen LogP contribution < -0.4 is 5.32 Å². The van der Waals surface area contributed by atoms with Crippen molar-refractivity contribution in [2.24, 2.45) is 0 Å². The largest absolute Gasteiger partial charge is 0.475 e. The maximum absolute atomic E-state index is 10.7. The van der Waals surface area contributed by atoms with E-state index in [1.165, 1.54) is 6.26 Å². The van der Waals surface area contributed by atoms with E-state index in [0.717, 1.165) is 0 Å². The van der Waals surface area contributed by atoms with Crippen molar-refractivity contribution in [2.45, 2.75) is 25.9 Å². The van der Waals surface area contributed by atoms with Gasteiger partial charge in [0.1, 0.15) is 0 Å². The topological polar surface area (TPSA) is 62.5 Å². The molecular formula is C11H13NO3. The van der Waals surface area contributed by atoms with E-state index in [4.69, 9.17) is 15.9 Å². The zero-order valence-electron chi connectivity index (χ0n) is 8.70. The van der Waals surface area contributed by atoms with E-state index >= 15 is 0 Å². The number of hydrogen-bond acceptors (Lipinski definition) is 3. The lowest BCUT2D eigenvalue weighted by Crippen LogP contribution is -2.37. The summed E-state index contributed by atoms with van der Waals surface area (Å²) in [4.78, 5) is 10.7. The molecule has 0 bridgehead atoms. The van der Waals surface area contributed by atoms with Gasteiger partial charge in [0.25, 0.3) is 0 Å². The third-order valence-electron chi connectivity index (χ3n) is 2.02. The number of carbonyl (C=O) groups is 1. The molecular weight excluding hydrogens is 194 g/mol. The van der Waals surface area contributed by atoms with Crippen molar-refractivity contribution in [3.63, 3.8) is 0 Å². The molecule has 0 aliphatic heterocycles. The van der Waals surface area contributed by atoms with E-state index in [1.54, 1.807) is 6.07 Å². The van der Waals surface area contributed by atoms with Crippen molar-refractivity contribution >= 4 is 5.97 Å². The molecule has 0 atom stereocenters. The number of rotatable bonds is 4. The van der Waals surface area contributed by atoms with E-state index in [9.17, 15) is 4.79 Å². The van der Waals surface area contributed by atoms with Gasteiger partial charge in [-0.3, -0.25) is 5.32 Å². The summed E-state index contributed by atoms with van der Waals surface area (Å²) in [6.07, 6.45) is 6.64. The van der Waals surface area contributed by atoms with Gasteiger partial charge in [-0.1, -0.05) is 5.92 Å². The molecule has 15 heavy (non-hydrogen) atoms. The van der Waals surface area contributed by atoms with Crippen LogP contribution in [0, 0.1) is 12.3 Å². The van der Waals surface area contributed by atoms with Crippen LogP contribution in [0.25, 0.3) is 0 Å². The van der Waals surface area contributed by atoms with E-state index in [-0.39, 0.29) is 5.76 Å². The van der Waals surface area contributed by atoms with Crippen LogP contribution in [0.15, 0.2) is 16.7 Å². The van der Waals surface area contributed by atoms with Crippen LogP contribution in [-0.4, -0.2) is 16.6 Å². The molecule has 0 spiro atoms. The minimum atomic E-state index is -1.07. The van der Waals surface area contributed by atoms with Crippen LogP contribution in [0.5, 0.6) is 0 Å². The van der Waals surface area contributed by atoms with E-state index in [1.807, 2.05) is 13.8 Å². The van der Waals surface area contributed by atoms with Crippen molar-refractivity contribution in [3.8, 4) is 12.3 Å². The number of furan rings is 1. The molecule has 1 rings (SSSR count). The lowest BCUT2D eigenvalue weighted by Gasteiger charge is -2.18. The Morgan fingerprint density at radius 3 is 2.93 bits per heavy atom. The standard InChI is InChI=1S/C11H13NO3/c1-4-11(2,3)12-7-8-5-6-15-9(8)10(13)14/h1,5-6,12H,7H2,2-3H3,(H,13,14). The number of carboxylic acids is 1. The fourth-order valence-electron chi connectivity index (χ4n) is 1.03. The Balaban J connectivity index is 2.71. The maximum atomic E-state index is 10.7. The SMILES string of the molecule is C#CC(C)(C)NCc1ccoc1C(=O)O. The number of terminal acetylenes is 1. The molecule has 0 radical (unpaired) electrons. The monoisotopic (exact) mass is 207 g/mol. The first-order valence-electron chi connectivity index (χ1n) is 4.49. The average molecular weight is 207 g/mol. The molecule has 1 aromatic heterocycles. The van der Waals surface area contributed by atoms with Gasteiger partial charge in [0.15, 0.2) is 0 Å². The molecule has 0 aliphatic rings. The summed E-state index contributed by atoms with van der Waals surface area (Å²) < 4.78 is 4.83. The molecule has 0 saturated heterocycles. The first-order chi connectivity index (χ1) is 6.96. The summed E-state index contributed by atoms with van der Waals surface area (Å²) in [6.45, 7) is 4.05. The molecule has 4 nitrogen and oxygen atoms in total. The maximum Gasteiger partial charge on any atom is 0.372 e. The normalized spacial score (nSPS) is 11.0. The minimum absolute atomic E-state index is 0.0460. The van der Waals surface area contributed by atoms with Gasteiger partial charge in [0, 0.05) is 12.1 Å². The Bertz CT molecular complexity index is 398. The second-order valence-corrected chi connectivity index (χ2v) is 3.70. The summed E-state index contributed by atoms with van der Waals surface area (Å²) in [5.74, 6) is 1.44. The number of carboxylic acid groups (broad SMARTS) is 1. The molecule has 2 N–H and O–H groups in total. The lowest BCUT2D eigenvalue weighted by molar-refractivity contribution is 0.0660. The van der Waals surface area contributed by atoms with Gasteiger partial charge in [-0.25, -0.2) is 4.79 Å². The van der Waals surface area contributed by atoms with Gasteiger partial charge in [-0.15, -0.1) is 6.42 Å². The Morgan fingerprint density at radius 2 is 2.40 bits per heavy atom. The van der Waals surface area contributed by atoms with Crippen LogP contribution in [0.1, 0.15) is 30.0 Å². The smallest absolute Gasteiger partial charge is 0.372 e. The van der Waals surface area contributed by atoms with Crippen molar-refractivity contribution in [1.82, 2.24) is 5.32 Å². The van der Waals surface area contributed by atoms with Crippen LogP contribution in [-0.2, 0) is 6.54 Å². The molecule has 80 valence electrons. The Labute approximate surface area is 88.3 Å². The predicted octanol–water partition coefficient (Wildman–Crippen LogP) is 1.48. The van der Waals surface area contributed by atoms with E-state index < -0.39 is 11.5 Å². The highest BCUT2D eigenvalue weighted by atomic mass is 16.4. The van der Waals surface area contributed by atoms with Crippen LogP contribution in [0.2, 0.25) is 0 Å². The lowest BCUT2D eigenvalue weighted by atomic mass is 10.1. The van der Waals surface area contributed by atoms with Crippen LogP contribution in [0.3, 0.4) is 0 Å². The molecule has 1 heterocycles. The van der Waals surface area contributed by atoms with Crippen molar-refractivity contribution in [3.05, 3.63) is 23.7 Å². The quantitative estimate of drug-likeness (QED) is 0.734. The fourth-order valence-corrected chi connectivity index (χ4v) is 1.03. The minimum Gasteiger partial charge on any atom is -0.475 e. The van der Waals surface area contributed by atoms with Crippen molar-refractivity contribution in [2.75, 3.05) is 0 Å². The average Bonchev–Trinajstić information content (AvgIpc) is 2.63. The second-order valence-electron chi connectivity index (χ2n) is 3.70. The summed E-state index contributed by atoms with van der Waals surface area (Å²) in [6, 6.07) is 1.61. The van der Waals surface area contributed by atoms with Crippen molar-refractivity contribution < 1.29 is 14.3 Å². The molecule has 0 aliphatic carbocycles. The molecule has 1 aromatic rings. The Hall–Kier alpha value is -1.73. The summed E-state index contributed by atoms with van der Waals surface area (Å²) >= 11 is 0. The van der Waals surface area contributed by atoms with E-state index in [0.29, 0.717) is 12.1 Å². The van der Waals surface area contributed by atoms with E-state index in [2.05, 4.69) is 11.2 Å². The van der Waals surface area contributed by atoms with Gasteiger partial charge in [0.05, 0.1) is 11.8 Å². The molecule has 0 unspecified atom stereocenters. The number of nitrogens with one attached hydrogen (secondary N) is 1. The fraction of sp³-hybridized carbons (Fsp3) is 0.364. The highest BCUT2D eigenvalue weighted by Crippen LogP contribution is 2.11. The zero-order chi connectivity index (χ0) is 11.5. The number of hydrogen-bond donors (Lipinski definition) is 2. The van der Waals surface area contributed by atoms with Gasteiger partial charge in [-0.2, -0.15) is 0 Å². The molecule has 0 fully saturated rings. The molecule has 4 heteroatoms. The predicted molar refractivity (Wildman–Crippen MR) is 55.4 cm³/mol. The first kappa shape index (κ1) is 11.3. The van der Waals surface area contributed by atoms with Gasteiger partial charge in [0.2, 0.25) is 5.76 Å². The van der Waals surface area contributed by atoms with Gasteiger partial charge in [-0.05, 0) is 19.9 Å². The first-order valence-corrected chi connectivity index (χ1v) is 4.49. The van der Waals surface area contributed by atoms with Crippen LogP contribution in [0.4, 0.5) is 0 Å². The van der Waals surface area contributed by atoms with Gasteiger partial charge >= 0.3 is 5.97 Å². The highest BCUT2D eigenvalue weighted by molar-refractivity contribution is 5.86. The van der Waals surface area contributed by atoms with Crippen molar-refractivity contribution in [1.29, 1.82) is 0 Å². The summed E-state index contributed by atoms with van der Waals surface area (Å²) in [5.41, 5.74) is 0.123. The third kappa shape index (κ3) is 2.86. The Morgan fingerprint density at radius 1 is 1.73 bits per heavy atom. The molecule has 0 saturated carbocycles. The van der Waals surface area contributed by atoms with Crippen LogP contribution >= 0.6 is 0 Å². The zero-order valence-corrected chi connectivity index (χ0v) is 8.70. The van der Waals surface area contributed by atoms with Gasteiger partial charge < -0.3 is 9.52 Å². The summed E-state index contributed by atoms with van der Waals surface area (Å²) in [5, 5.41) is 11.8. The second kappa shape index (κ2) is 4.20. The summed E-state index contributed by atoms with van der Waals surface area (Å²) in [7, 11) is 0. The molecule has 0 aromatic carbocycles. The molecule has 0 amide bonds.